The molecule has 1 aromatic carbocycles. The van der Waals surface area contributed by atoms with Crippen molar-refractivity contribution in [3.8, 4) is 17.0 Å². The molecule has 2 saturated carbocycles. The van der Waals surface area contributed by atoms with Gasteiger partial charge in [-0.2, -0.15) is 0 Å². The van der Waals surface area contributed by atoms with Gasteiger partial charge in [-0.25, -0.2) is 4.98 Å². The molecule has 1 aromatic heterocycles. The van der Waals surface area contributed by atoms with E-state index in [1.165, 1.54) is 31.5 Å². The van der Waals surface area contributed by atoms with E-state index in [9.17, 15) is 0 Å². The van der Waals surface area contributed by atoms with Gasteiger partial charge in [0.15, 0.2) is 0 Å². The van der Waals surface area contributed by atoms with Crippen LogP contribution in [0, 0.1) is 0 Å². The van der Waals surface area contributed by atoms with Gasteiger partial charge in [-0.05, 0) is 43.9 Å². The third-order valence-corrected chi connectivity index (χ3v) is 4.95. The van der Waals surface area contributed by atoms with E-state index < -0.39 is 0 Å². The van der Waals surface area contributed by atoms with Crippen molar-refractivity contribution in [2.75, 3.05) is 12.8 Å². The van der Waals surface area contributed by atoms with Crippen molar-refractivity contribution in [2.24, 2.45) is 0 Å². The number of nitrogens with two attached hydrogens (primary N) is 1. The molecule has 0 spiro atoms. The van der Waals surface area contributed by atoms with Gasteiger partial charge in [0.25, 0.3) is 0 Å². The SMILES string of the molecule is COc1ccc(Br)c(-c2nc(C3CC3)n(C3CC3)c2N)c1. The highest BCUT2D eigenvalue weighted by atomic mass is 79.9. The van der Waals surface area contributed by atoms with Crippen molar-refractivity contribution in [1.29, 1.82) is 0 Å². The number of ether oxygens (including phenoxy) is 1. The van der Waals surface area contributed by atoms with Crippen LogP contribution in [0.15, 0.2) is 22.7 Å². The van der Waals surface area contributed by atoms with Crippen molar-refractivity contribution in [3.63, 3.8) is 0 Å². The summed E-state index contributed by atoms with van der Waals surface area (Å²) in [6.45, 7) is 0. The van der Waals surface area contributed by atoms with Crippen molar-refractivity contribution in [1.82, 2.24) is 9.55 Å². The Kier molecular flexibility index (Phi) is 2.99. The Balaban J connectivity index is 1.86. The lowest BCUT2D eigenvalue weighted by atomic mass is 10.1. The van der Waals surface area contributed by atoms with Gasteiger partial charge in [0.1, 0.15) is 23.1 Å². The summed E-state index contributed by atoms with van der Waals surface area (Å²) in [4.78, 5) is 4.89. The van der Waals surface area contributed by atoms with Gasteiger partial charge in [0.2, 0.25) is 0 Å². The van der Waals surface area contributed by atoms with E-state index in [-0.39, 0.29) is 0 Å². The van der Waals surface area contributed by atoms with Crippen LogP contribution in [-0.4, -0.2) is 16.7 Å². The zero-order valence-corrected chi connectivity index (χ0v) is 13.6. The molecule has 5 heteroatoms. The zero-order valence-electron chi connectivity index (χ0n) is 12.0. The van der Waals surface area contributed by atoms with Gasteiger partial charge in [-0.3, -0.25) is 0 Å². The van der Waals surface area contributed by atoms with Crippen molar-refractivity contribution < 1.29 is 4.74 Å². The van der Waals surface area contributed by atoms with Crippen LogP contribution in [0.2, 0.25) is 0 Å². The van der Waals surface area contributed by atoms with E-state index in [1.54, 1.807) is 7.11 Å². The molecule has 0 radical (unpaired) electrons. The molecule has 110 valence electrons. The van der Waals surface area contributed by atoms with Crippen molar-refractivity contribution in [3.05, 3.63) is 28.5 Å². The molecule has 0 atom stereocenters. The van der Waals surface area contributed by atoms with Crippen LogP contribution in [0.3, 0.4) is 0 Å². The molecule has 1 heterocycles. The molecule has 0 saturated heterocycles. The summed E-state index contributed by atoms with van der Waals surface area (Å²) in [6.07, 6.45) is 4.92. The fourth-order valence-corrected chi connectivity index (χ4v) is 3.25. The number of methoxy groups -OCH3 is 1. The average molecular weight is 348 g/mol. The Morgan fingerprint density at radius 1 is 1.29 bits per heavy atom. The quantitative estimate of drug-likeness (QED) is 0.904. The molecular weight excluding hydrogens is 330 g/mol. The van der Waals surface area contributed by atoms with Gasteiger partial charge < -0.3 is 15.0 Å². The Morgan fingerprint density at radius 3 is 2.67 bits per heavy atom. The number of anilines is 1. The highest BCUT2D eigenvalue weighted by Gasteiger charge is 2.36. The number of rotatable bonds is 4. The fraction of sp³-hybridized carbons (Fsp3) is 0.438. The second kappa shape index (κ2) is 4.77. The summed E-state index contributed by atoms with van der Waals surface area (Å²) in [5, 5.41) is 0. The summed E-state index contributed by atoms with van der Waals surface area (Å²) in [6, 6.07) is 6.48. The Hall–Kier alpha value is -1.49. The number of halogens is 1. The summed E-state index contributed by atoms with van der Waals surface area (Å²) >= 11 is 3.61. The van der Waals surface area contributed by atoms with Crippen molar-refractivity contribution >= 4 is 21.7 Å². The van der Waals surface area contributed by atoms with Crippen LogP contribution < -0.4 is 10.5 Å². The second-order valence-corrected chi connectivity index (χ2v) is 6.78. The molecule has 2 fully saturated rings. The third-order valence-electron chi connectivity index (χ3n) is 4.26. The maximum atomic E-state index is 6.44. The summed E-state index contributed by atoms with van der Waals surface area (Å²) in [7, 11) is 1.68. The molecule has 2 aliphatic rings. The Labute approximate surface area is 132 Å². The van der Waals surface area contributed by atoms with E-state index in [2.05, 4.69) is 20.5 Å². The first-order chi connectivity index (χ1) is 10.2. The molecule has 2 aliphatic carbocycles. The first-order valence-corrected chi connectivity index (χ1v) is 8.20. The highest BCUT2D eigenvalue weighted by molar-refractivity contribution is 9.10. The van der Waals surface area contributed by atoms with E-state index in [1.807, 2.05) is 18.2 Å². The molecule has 0 unspecified atom stereocenters. The number of hydrogen-bond donors (Lipinski definition) is 1. The van der Waals surface area contributed by atoms with Gasteiger partial charge in [0.05, 0.1) is 7.11 Å². The predicted molar refractivity (Wildman–Crippen MR) is 86.6 cm³/mol. The maximum absolute atomic E-state index is 6.44. The van der Waals surface area contributed by atoms with E-state index in [0.29, 0.717) is 12.0 Å². The van der Waals surface area contributed by atoms with Crippen LogP contribution in [-0.2, 0) is 0 Å². The zero-order chi connectivity index (χ0) is 14.6. The molecule has 2 N–H and O–H groups in total. The molecule has 4 nitrogen and oxygen atoms in total. The monoisotopic (exact) mass is 347 g/mol. The summed E-state index contributed by atoms with van der Waals surface area (Å²) in [5.74, 6) is 3.40. The Bertz CT molecular complexity index is 702. The second-order valence-electron chi connectivity index (χ2n) is 5.93. The third kappa shape index (κ3) is 2.24. The number of nitrogen functional groups attached to an aromatic ring is 1. The van der Waals surface area contributed by atoms with Gasteiger partial charge in [0, 0.05) is 22.0 Å². The maximum Gasteiger partial charge on any atom is 0.132 e. The van der Waals surface area contributed by atoms with Crippen LogP contribution in [0.4, 0.5) is 5.82 Å². The van der Waals surface area contributed by atoms with E-state index in [0.717, 1.165) is 27.3 Å². The minimum absolute atomic E-state index is 0.561. The molecule has 2 aromatic rings. The van der Waals surface area contributed by atoms with Gasteiger partial charge in [-0.15, -0.1) is 0 Å². The first-order valence-electron chi connectivity index (χ1n) is 7.40. The summed E-state index contributed by atoms with van der Waals surface area (Å²) < 4.78 is 8.61. The molecule has 4 rings (SSSR count). The Morgan fingerprint density at radius 2 is 2.05 bits per heavy atom. The molecule has 21 heavy (non-hydrogen) atoms. The lowest BCUT2D eigenvalue weighted by molar-refractivity contribution is 0.415. The van der Waals surface area contributed by atoms with E-state index in [4.69, 9.17) is 15.5 Å². The minimum atomic E-state index is 0.561. The van der Waals surface area contributed by atoms with Crippen LogP contribution in [0.5, 0.6) is 5.75 Å². The topological polar surface area (TPSA) is 53.1 Å². The molecule has 0 aliphatic heterocycles. The lowest BCUT2D eigenvalue weighted by Crippen LogP contribution is -2.04. The normalized spacial score (nSPS) is 18.0. The van der Waals surface area contributed by atoms with Crippen LogP contribution in [0.1, 0.15) is 43.5 Å². The number of nitrogens with zero attached hydrogens (tertiary/aromatic N) is 2. The number of hydrogen-bond acceptors (Lipinski definition) is 3. The fourth-order valence-electron chi connectivity index (χ4n) is 2.82. The minimum Gasteiger partial charge on any atom is -0.497 e. The number of benzene rings is 1. The average Bonchev–Trinajstić information content (AvgIpc) is 3.38. The molecule has 0 bridgehead atoms. The van der Waals surface area contributed by atoms with Gasteiger partial charge in [-0.1, -0.05) is 15.9 Å². The smallest absolute Gasteiger partial charge is 0.132 e. The molecule has 0 amide bonds. The highest BCUT2D eigenvalue weighted by Crippen LogP contribution is 2.48. The summed E-state index contributed by atoms with van der Waals surface area (Å²) in [5.41, 5.74) is 8.33. The van der Waals surface area contributed by atoms with Crippen LogP contribution in [0.25, 0.3) is 11.3 Å². The number of aromatic nitrogens is 2. The molecular formula is C16H18BrN3O. The van der Waals surface area contributed by atoms with Crippen LogP contribution >= 0.6 is 15.9 Å². The first kappa shape index (κ1) is 13.2. The van der Waals surface area contributed by atoms with Crippen molar-refractivity contribution in [2.45, 2.75) is 37.6 Å². The van der Waals surface area contributed by atoms with E-state index >= 15 is 0 Å². The lowest BCUT2D eigenvalue weighted by Gasteiger charge is -2.08. The standard InChI is InChI=1S/C16H18BrN3O/c1-21-11-6-7-13(17)12(8-11)14-15(18)20(10-4-5-10)16(19-14)9-2-3-9/h6-10H,2-5,18H2,1H3. The van der Waals surface area contributed by atoms with Gasteiger partial charge >= 0.3 is 0 Å². The predicted octanol–water partition coefficient (Wildman–Crippen LogP) is 4.12. The largest absolute Gasteiger partial charge is 0.497 e. The number of imidazole rings is 1.